The predicted octanol–water partition coefficient (Wildman–Crippen LogP) is 3.57. The number of carboxylic acids is 1. The maximum absolute atomic E-state index is 11.2. The van der Waals surface area contributed by atoms with Gasteiger partial charge >= 0.3 is 5.97 Å². The third-order valence-electron chi connectivity index (χ3n) is 3.38. The van der Waals surface area contributed by atoms with Crippen molar-refractivity contribution in [2.24, 2.45) is 5.92 Å². The van der Waals surface area contributed by atoms with Crippen LogP contribution in [0.25, 0.3) is 0 Å². The molecule has 2 N–H and O–H groups in total. The van der Waals surface area contributed by atoms with Gasteiger partial charge in [-0.2, -0.15) is 0 Å². The Balaban J connectivity index is 2.62. The van der Waals surface area contributed by atoms with Crippen LogP contribution in [0.1, 0.15) is 52.2 Å². The van der Waals surface area contributed by atoms with Crippen molar-refractivity contribution in [3.63, 3.8) is 0 Å². The fourth-order valence-corrected chi connectivity index (χ4v) is 2.11. The highest BCUT2D eigenvalue weighted by atomic mass is 16.4. The van der Waals surface area contributed by atoms with E-state index in [9.17, 15) is 9.90 Å². The highest BCUT2D eigenvalue weighted by Gasteiger charge is 2.18. The van der Waals surface area contributed by atoms with Gasteiger partial charge in [-0.1, -0.05) is 58.9 Å². The first-order valence-corrected chi connectivity index (χ1v) is 7.25. The molecule has 20 heavy (non-hydrogen) atoms. The van der Waals surface area contributed by atoms with Gasteiger partial charge < -0.3 is 10.4 Å². The number of carbonyl (C=O) groups is 1. The van der Waals surface area contributed by atoms with Gasteiger partial charge in [-0.3, -0.25) is 4.79 Å². The molecule has 0 aliphatic heterocycles. The molecule has 0 unspecified atom stereocenters. The van der Waals surface area contributed by atoms with Crippen LogP contribution in [0, 0.1) is 5.92 Å². The van der Waals surface area contributed by atoms with Crippen LogP contribution in [0.2, 0.25) is 0 Å². The molecular formula is C17H27NO2. The molecule has 0 aliphatic carbocycles. The first kappa shape index (κ1) is 16.7. The van der Waals surface area contributed by atoms with Crippen LogP contribution in [0.5, 0.6) is 0 Å². The molecule has 3 nitrogen and oxygen atoms in total. The van der Waals surface area contributed by atoms with E-state index in [4.69, 9.17) is 0 Å². The monoisotopic (exact) mass is 277 g/mol. The average Bonchev–Trinajstić information content (AvgIpc) is 2.33. The van der Waals surface area contributed by atoms with Crippen LogP contribution in [0.4, 0.5) is 0 Å². The third-order valence-corrected chi connectivity index (χ3v) is 3.38. The molecule has 1 aromatic carbocycles. The lowest BCUT2D eigenvalue weighted by atomic mass is 9.87. The molecule has 0 heterocycles. The smallest absolute Gasteiger partial charge is 0.320 e. The molecular weight excluding hydrogens is 250 g/mol. The van der Waals surface area contributed by atoms with E-state index in [0.717, 1.165) is 5.56 Å². The lowest BCUT2D eigenvalue weighted by molar-refractivity contribution is -0.140. The van der Waals surface area contributed by atoms with E-state index < -0.39 is 12.0 Å². The molecule has 112 valence electrons. The van der Waals surface area contributed by atoms with Crippen molar-refractivity contribution in [1.29, 1.82) is 0 Å². The number of aliphatic carboxylic acids is 1. The molecule has 0 saturated carbocycles. The second kappa shape index (κ2) is 6.89. The Labute approximate surface area is 122 Å². The molecule has 0 amide bonds. The SMILES string of the molecule is CC(C)C[C@H](NCc1ccc(C(C)(C)C)cc1)C(=O)O. The van der Waals surface area contributed by atoms with Crippen molar-refractivity contribution in [2.45, 2.75) is 59.0 Å². The lowest BCUT2D eigenvalue weighted by Crippen LogP contribution is -2.37. The maximum atomic E-state index is 11.2. The van der Waals surface area contributed by atoms with Gasteiger partial charge in [0.1, 0.15) is 6.04 Å². The van der Waals surface area contributed by atoms with E-state index in [0.29, 0.717) is 18.9 Å². The van der Waals surface area contributed by atoms with Gasteiger partial charge in [0, 0.05) is 6.54 Å². The summed E-state index contributed by atoms with van der Waals surface area (Å²) in [5, 5.41) is 12.3. The van der Waals surface area contributed by atoms with Gasteiger partial charge in [0.25, 0.3) is 0 Å². The summed E-state index contributed by atoms with van der Waals surface area (Å²) < 4.78 is 0. The summed E-state index contributed by atoms with van der Waals surface area (Å²) in [5.74, 6) is -0.406. The topological polar surface area (TPSA) is 49.3 Å². The largest absolute Gasteiger partial charge is 0.480 e. The number of hydrogen-bond acceptors (Lipinski definition) is 2. The third kappa shape index (κ3) is 5.33. The highest BCUT2D eigenvalue weighted by Crippen LogP contribution is 2.22. The Morgan fingerprint density at radius 3 is 2.15 bits per heavy atom. The Morgan fingerprint density at radius 2 is 1.75 bits per heavy atom. The van der Waals surface area contributed by atoms with Gasteiger partial charge in [0.05, 0.1) is 0 Å². The zero-order chi connectivity index (χ0) is 15.3. The van der Waals surface area contributed by atoms with E-state index in [-0.39, 0.29) is 5.41 Å². The first-order valence-electron chi connectivity index (χ1n) is 7.25. The minimum absolute atomic E-state index is 0.146. The lowest BCUT2D eigenvalue weighted by Gasteiger charge is -2.20. The summed E-state index contributed by atoms with van der Waals surface area (Å²) in [7, 11) is 0. The molecule has 0 bridgehead atoms. The number of rotatable bonds is 6. The standard InChI is InChI=1S/C17H27NO2/c1-12(2)10-15(16(19)20)18-11-13-6-8-14(9-7-13)17(3,4)5/h6-9,12,15,18H,10-11H2,1-5H3,(H,19,20)/t15-/m0/s1. The normalized spacial score (nSPS) is 13.5. The quantitative estimate of drug-likeness (QED) is 0.835. The summed E-state index contributed by atoms with van der Waals surface area (Å²) in [4.78, 5) is 11.2. The summed E-state index contributed by atoms with van der Waals surface area (Å²) in [6, 6.07) is 7.91. The van der Waals surface area contributed by atoms with Gasteiger partial charge in [0.2, 0.25) is 0 Å². The van der Waals surface area contributed by atoms with Crippen molar-refractivity contribution in [2.75, 3.05) is 0 Å². The van der Waals surface area contributed by atoms with E-state index in [1.807, 2.05) is 13.8 Å². The Hall–Kier alpha value is -1.35. The van der Waals surface area contributed by atoms with Gasteiger partial charge in [0.15, 0.2) is 0 Å². The summed E-state index contributed by atoms with van der Waals surface area (Å²) >= 11 is 0. The van der Waals surface area contributed by atoms with Crippen LogP contribution in [-0.2, 0) is 16.8 Å². The zero-order valence-electron chi connectivity index (χ0n) is 13.2. The maximum Gasteiger partial charge on any atom is 0.320 e. The molecule has 0 radical (unpaired) electrons. The average molecular weight is 277 g/mol. The molecule has 3 heteroatoms. The number of carboxylic acid groups (broad SMARTS) is 1. The van der Waals surface area contributed by atoms with Crippen LogP contribution in [-0.4, -0.2) is 17.1 Å². The number of nitrogens with one attached hydrogen (secondary N) is 1. The summed E-state index contributed by atoms with van der Waals surface area (Å²) in [5.41, 5.74) is 2.55. The first-order chi connectivity index (χ1) is 9.20. The van der Waals surface area contributed by atoms with Crippen molar-refractivity contribution >= 4 is 5.97 Å². The zero-order valence-corrected chi connectivity index (χ0v) is 13.2. The van der Waals surface area contributed by atoms with Crippen LogP contribution in [0.3, 0.4) is 0 Å². The van der Waals surface area contributed by atoms with Crippen LogP contribution in [0.15, 0.2) is 24.3 Å². The van der Waals surface area contributed by atoms with Gasteiger partial charge in [-0.15, -0.1) is 0 Å². The fraction of sp³-hybridized carbons (Fsp3) is 0.588. The molecule has 0 aromatic heterocycles. The van der Waals surface area contributed by atoms with E-state index >= 15 is 0 Å². The second-order valence-electron chi connectivity index (χ2n) is 6.85. The summed E-state index contributed by atoms with van der Waals surface area (Å²) in [6.45, 7) is 11.2. The predicted molar refractivity (Wildman–Crippen MR) is 82.9 cm³/mol. The van der Waals surface area contributed by atoms with E-state index in [1.165, 1.54) is 5.56 Å². The minimum Gasteiger partial charge on any atom is -0.480 e. The molecule has 1 atom stereocenters. The summed E-state index contributed by atoms with van der Waals surface area (Å²) in [6.07, 6.45) is 0.648. The van der Waals surface area contributed by atoms with Crippen LogP contribution >= 0.6 is 0 Å². The number of benzene rings is 1. The van der Waals surface area contributed by atoms with E-state index in [2.05, 4.69) is 50.4 Å². The molecule has 0 fully saturated rings. The Morgan fingerprint density at radius 1 is 1.20 bits per heavy atom. The molecule has 1 aromatic rings. The van der Waals surface area contributed by atoms with Crippen molar-refractivity contribution < 1.29 is 9.90 Å². The molecule has 1 rings (SSSR count). The number of hydrogen-bond donors (Lipinski definition) is 2. The highest BCUT2D eigenvalue weighted by molar-refractivity contribution is 5.73. The Bertz CT molecular complexity index is 429. The minimum atomic E-state index is -0.773. The van der Waals surface area contributed by atoms with E-state index in [1.54, 1.807) is 0 Å². The van der Waals surface area contributed by atoms with Crippen molar-refractivity contribution in [1.82, 2.24) is 5.32 Å². The van der Waals surface area contributed by atoms with Crippen molar-refractivity contribution in [3.8, 4) is 0 Å². The van der Waals surface area contributed by atoms with Gasteiger partial charge in [-0.05, 0) is 28.9 Å². The molecule has 0 saturated heterocycles. The second-order valence-corrected chi connectivity index (χ2v) is 6.85. The Kier molecular flexibility index (Phi) is 5.75. The van der Waals surface area contributed by atoms with Crippen LogP contribution < -0.4 is 5.32 Å². The molecule has 0 spiro atoms. The van der Waals surface area contributed by atoms with Crippen molar-refractivity contribution in [3.05, 3.63) is 35.4 Å². The molecule has 0 aliphatic rings. The van der Waals surface area contributed by atoms with Gasteiger partial charge in [-0.25, -0.2) is 0 Å². The fourth-order valence-electron chi connectivity index (χ4n) is 2.11.